The quantitative estimate of drug-likeness (QED) is 0.879. The Kier molecular flexibility index (Phi) is 3.33. The Morgan fingerprint density at radius 3 is 1.67 bits per heavy atom. The van der Waals surface area contributed by atoms with Gasteiger partial charge in [0.1, 0.15) is 0 Å². The molecule has 0 heterocycles. The molecule has 0 unspecified atom stereocenters. The van der Waals surface area contributed by atoms with Gasteiger partial charge in [0.05, 0.1) is 5.54 Å². The summed E-state index contributed by atoms with van der Waals surface area (Å²) >= 11 is 0. The van der Waals surface area contributed by atoms with Crippen molar-refractivity contribution in [1.82, 2.24) is 11.1 Å². The van der Waals surface area contributed by atoms with Crippen LogP contribution in [-0.2, 0) is 5.54 Å². The third-order valence-electron chi connectivity index (χ3n) is 3.07. The first-order valence-corrected chi connectivity index (χ1v) is 5.78. The molecule has 0 spiro atoms. The number of nitrogens with one attached hydrogen (secondary N) is 2. The first kappa shape index (κ1) is 12.2. The van der Waals surface area contributed by atoms with Gasteiger partial charge in [-0.2, -0.15) is 0 Å². The maximum atomic E-state index is 11.2. The molecule has 2 aromatic rings. The van der Waals surface area contributed by atoms with Crippen LogP contribution < -0.4 is 11.1 Å². The number of rotatable bonds is 3. The molecule has 0 saturated heterocycles. The van der Waals surface area contributed by atoms with E-state index in [9.17, 15) is 4.79 Å². The number of benzene rings is 2. The van der Waals surface area contributed by atoms with Gasteiger partial charge in [-0.15, -0.1) is 0 Å². The first-order chi connectivity index (χ1) is 8.63. The number of urea groups is 1. The van der Waals surface area contributed by atoms with Crippen LogP contribution >= 0.6 is 0 Å². The fraction of sp³-hybridized carbons (Fsp3) is 0.133. The number of carbonyl (C=O) groups excluding carboxylic acids is 1. The highest BCUT2D eigenvalue weighted by Gasteiger charge is 2.29. The van der Waals surface area contributed by atoms with Crippen LogP contribution in [0.15, 0.2) is 60.7 Å². The standard InChI is InChI=1S/C15H15N2O/c1-15(17-14(16)18,12-8-4-2-5-9-12)13-10-6-3-7-11-13/h2-11,16H,1H3,(H,17,18). The average molecular weight is 239 g/mol. The zero-order valence-electron chi connectivity index (χ0n) is 10.2. The maximum absolute atomic E-state index is 11.2. The first-order valence-electron chi connectivity index (χ1n) is 5.78. The highest BCUT2D eigenvalue weighted by Crippen LogP contribution is 2.28. The maximum Gasteiger partial charge on any atom is 0.334 e. The average Bonchev–Trinajstić information content (AvgIpc) is 2.40. The minimum Gasteiger partial charge on any atom is -0.323 e. The Morgan fingerprint density at radius 1 is 0.944 bits per heavy atom. The second-order valence-electron chi connectivity index (χ2n) is 4.31. The van der Waals surface area contributed by atoms with E-state index in [1.165, 1.54) is 0 Å². The third kappa shape index (κ3) is 2.35. The Morgan fingerprint density at radius 2 is 1.33 bits per heavy atom. The van der Waals surface area contributed by atoms with Crippen LogP contribution in [0.5, 0.6) is 0 Å². The van der Waals surface area contributed by atoms with E-state index in [0.29, 0.717) is 0 Å². The second-order valence-corrected chi connectivity index (χ2v) is 4.31. The molecule has 2 aromatic carbocycles. The minimum atomic E-state index is -0.787. The molecule has 0 saturated carbocycles. The molecule has 0 aliphatic carbocycles. The Hall–Kier alpha value is -2.29. The highest BCUT2D eigenvalue weighted by atomic mass is 16.2. The summed E-state index contributed by atoms with van der Waals surface area (Å²) in [6.45, 7) is 1.91. The minimum absolute atomic E-state index is 0.679. The molecule has 0 atom stereocenters. The zero-order chi connectivity index (χ0) is 13.0. The number of hydrogen-bond acceptors (Lipinski definition) is 1. The number of hydrogen-bond donors (Lipinski definition) is 1. The van der Waals surface area contributed by atoms with Crippen molar-refractivity contribution in [2.24, 2.45) is 0 Å². The topological polar surface area (TPSA) is 52.9 Å². The molecular weight excluding hydrogens is 224 g/mol. The molecule has 3 nitrogen and oxygen atoms in total. The van der Waals surface area contributed by atoms with E-state index in [2.05, 4.69) is 5.32 Å². The molecule has 3 heteroatoms. The van der Waals surface area contributed by atoms with Crippen LogP contribution in [-0.4, -0.2) is 6.03 Å². The van der Waals surface area contributed by atoms with E-state index < -0.39 is 11.6 Å². The van der Waals surface area contributed by atoms with Crippen molar-refractivity contribution in [1.29, 1.82) is 0 Å². The van der Waals surface area contributed by atoms with Crippen LogP contribution in [0.1, 0.15) is 18.1 Å². The van der Waals surface area contributed by atoms with E-state index in [1.807, 2.05) is 67.6 Å². The predicted octanol–water partition coefficient (Wildman–Crippen LogP) is 2.94. The van der Waals surface area contributed by atoms with Gasteiger partial charge >= 0.3 is 6.03 Å². The van der Waals surface area contributed by atoms with Crippen LogP contribution in [0.25, 0.3) is 0 Å². The summed E-state index contributed by atoms with van der Waals surface area (Å²) in [6, 6.07) is 18.6. The lowest BCUT2D eigenvalue weighted by Crippen LogP contribution is -2.44. The molecule has 0 fully saturated rings. The van der Waals surface area contributed by atoms with Crippen molar-refractivity contribution >= 4 is 6.03 Å². The lowest BCUT2D eigenvalue weighted by molar-refractivity contribution is 0.239. The Bertz CT molecular complexity index is 483. The van der Waals surface area contributed by atoms with Crippen molar-refractivity contribution in [2.75, 3.05) is 0 Å². The number of amides is 2. The van der Waals surface area contributed by atoms with Crippen LogP contribution in [0, 0.1) is 0 Å². The summed E-state index contributed by atoms with van der Waals surface area (Å²) in [5, 5.41) is 2.72. The molecule has 0 aromatic heterocycles. The fourth-order valence-corrected chi connectivity index (χ4v) is 2.08. The lowest BCUT2D eigenvalue weighted by Gasteiger charge is -2.31. The third-order valence-corrected chi connectivity index (χ3v) is 3.07. The lowest BCUT2D eigenvalue weighted by atomic mass is 9.85. The molecule has 2 amide bonds. The Labute approximate surface area is 107 Å². The largest absolute Gasteiger partial charge is 0.334 e. The van der Waals surface area contributed by atoms with Gasteiger partial charge in [-0.05, 0) is 18.1 Å². The van der Waals surface area contributed by atoms with Gasteiger partial charge in [-0.1, -0.05) is 60.7 Å². The van der Waals surface area contributed by atoms with Gasteiger partial charge in [0.15, 0.2) is 0 Å². The highest BCUT2D eigenvalue weighted by molar-refractivity contribution is 5.73. The van der Waals surface area contributed by atoms with Crippen molar-refractivity contribution in [2.45, 2.75) is 12.5 Å². The molecule has 2 rings (SSSR count). The summed E-state index contributed by atoms with van der Waals surface area (Å²) < 4.78 is 0. The summed E-state index contributed by atoms with van der Waals surface area (Å²) in [6.07, 6.45) is 0. The van der Waals surface area contributed by atoms with Gasteiger partial charge in [0, 0.05) is 0 Å². The Balaban J connectivity index is 2.51. The second kappa shape index (κ2) is 4.92. The predicted molar refractivity (Wildman–Crippen MR) is 71.0 cm³/mol. The number of carbonyl (C=O) groups is 1. The monoisotopic (exact) mass is 239 g/mol. The normalized spacial score (nSPS) is 10.9. The smallest absolute Gasteiger partial charge is 0.323 e. The zero-order valence-corrected chi connectivity index (χ0v) is 10.2. The van der Waals surface area contributed by atoms with Crippen LogP contribution in [0.3, 0.4) is 0 Å². The van der Waals surface area contributed by atoms with Gasteiger partial charge in [0.2, 0.25) is 0 Å². The molecule has 91 valence electrons. The van der Waals surface area contributed by atoms with Gasteiger partial charge in [0.25, 0.3) is 0 Å². The van der Waals surface area contributed by atoms with E-state index in [4.69, 9.17) is 5.73 Å². The summed E-state index contributed by atoms with van der Waals surface area (Å²) in [5.74, 6) is 0. The molecule has 0 bridgehead atoms. The van der Waals surface area contributed by atoms with Crippen molar-refractivity contribution in [3.05, 3.63) is 71.8 Å². The SMILES string of the molecule is CC(NC([NH])=O)(c1ccccc1)c1ccccc1. The molecule has 18 heavy (non-hydrogen) atoms. The van der Waals surface area contributed by atoms with Gasteiger partial charge in [-0.25, -0.2) is 10.5 Å². The molecule has 0 aliphatic heterocycles. The van der Waals surface area contributed by atoms with E-state index in [-0.39, 0.29) is 0 Å². The van der Waals surface area contributed by atoms with E-state index in [1.54, 1.807) is 0 Å². The van der Waals surface area contributed by atoms with Gasteiger partial charge in [-0.3, -0.25) is 0 Å². The van der Waals surface area contributed by atoms with Crippen molar-refractivity contribution < 1.29 is 4.79 Å². The molecular formula is C15H15N2O. The summed E-state index contributed by atoms with van der Waals surface area (Å²) in [4.78, 5) is 11.2. The summed E-state index contributed by atoms with van der Waals surface area (Å²) in [7, 11) is 0. The van der Waals surface area contributed by atoms with E-state index in [0.717, 1.165) is 11.1 Å². The van der Waals surface area contributed by atoms with Crippen molar-refractivity contribution in [3.63, 3.8) is 0 Å². The molecule has 0 aliphatic rings. The van der Waals surface area contributed by atoms with Gasteiger partial charge < -0.3 is 5.32 Å². The molecule has 1 radical (unpaired) electrons. The van der Waals surface area contributed by atoms with E-state index >= 15 is 0 Å². The fourth-order valence-electron chi connectivity index (χ4n) is 2.08. The van der Waals surface area contributed by atoms with Crippen LogP contribution in [0.4, 0.5) is 4.79 Å². The van der Waals surface area contributed by atoms with Crippen LogP contribution in [0.2, 0.25) is 0 Å². The summed E-state index contributed by atoms with van der Waals surface area (Å²) in [5.41, 5.74) is 8.41. The van der Waals surface area contributed by atoms with Crippen molar-refractivity contribution in [3.8, 4) is 0 Å². The molecule has 2 N–H and O–H groups in total.